The first-order valence-corrected chi connectivity index (χ1v) is 1.71. The molecule has 0 amide bonds. The highest BCUT2D eigenvalue weighted by Gasteiger charge is 1.13. The van der Waals surface area contributed by atoms with Crippen molar-refractivity contribution in [1.82, 2.24) is 0 Å². The minimum absolute atomic E-state index is 0. The first-order chi connectivity index (χ1) is 4.83. The van der Waals surface area contributed by atoms with Gasteiger partial charge in [0.1, 0.15) is 0 Å². The molecule has 16 N–H and O–H groups in total. The van der Waals surface area contributed by atoms with Gasteiger partial charge in [-0.2, -0.15) is 19.2 Å². The van der Waals surface area contributed by atoms with Crippen molar-refractivity contribution in [2.45, 2.75) is 0 Å². The molecule has 13 nitrogen and oxygen atoms in total. The van der Waals surface area contributed by atoms with E-state index >= 15 is 0 Å². The zero-order valence-electron chi connectivity index (χ0n) is 21.0. The van der Waals surface area contributed by atoms with Gasteiger partial charge in [-0.05, 0) is 0 Å². The molecule has 0 aromatic rings. The number of rotatable bonds is 0. The van der Waals surface area contributed by atoms with Gasteiger partial charge in [0.15, 0.2) is 0 Å². The first kappa shape index (κ1) is 165. The average Bonchev–Trinajstić information content (AvgIpc) is 1.99. The lowest BCUT2D eigenvalue weighted by Gasteiger charge is -1.21. The number of carbonyl (C=O) groups excluding carboxylic acids is 4. The highest BCUT2D eigenvalue weighted by molar-refractivity contribution is 5.20. The van der Waals surface area contributed by atoms with Crippen LogP contribution in [0.3, 0.4) is 0 Å². The van der Waals surface area contributed by atoms with Crippen LogP contribution in [0.15, 0.2) is 0 Å². The summed E-state index contributed by atoms with van der Waals surface area (Å²) in [5.41, 5.74) is 0. The quantitative estimate of drug-likeness (QED) is 0.435. The Kier molecular flexibility index (Phi) is 157000. The van der Waals surface area contributed by atoms with Gasteiger partial charge in [-0.15, -0.1) is 0 Å². The molecule has 17 heavy (non-hydrogen) atoms. The van der Waals surface area contributed by atoms with E-state index in [-0.39, 0.29) is 67.8 Å². The molecule has 0 radical (unpaired) electrons. The summed E-state index contributed by atoms with van der Waals surface area (Å²) in [6.07, 6.45) is 0.500. The van der Waals surface area contributed by atoms with Crippen LogP contribution in [-0.2, 0) is 19.2 Å². The number of hydrogen-bond acceptors (Lipinski definition) is 6. The summed E-state index contributed by atoms with van der Waals surface area (Å²) in [7, 11) is 2.00. The lowest BCUT2D eigenvalue weighted by atomic mass is 11.8. The van der Waals surface area contributed by atoms with Crippen molar-refractivity contribution in [3.63, 3.8) is 0 Å². The summed E-state index contributed by atoms with van der Waals surface area (Å²) in [6.45, 7) is 0. The van der Waals surface area contributed by atoms with Gasteiger partial charge in [-0.1, -0.05) is 0 Å². The van der Waals surface area contributed by atoms with Crippen molar-refractivity contribution in [2.24, 2.45) is 0 Å². The van der Waals surface area contributed by atoms with Gasteiger partial charge < -0.3 is 48.5 Å². The standard InChI is InChI=1S/2CO2.2CH4O.7H2O/c2*2-1-3;2*1-2;;;;;;;/h;;2*2H,1H3;7*1H2/p+12. The molecule has 0 unspecified atom stereocenters. The molecule has 0 atom stereocenters. The fourth-order valence-corrected chi connectivity index (χ4v) is 0. The van der Waals surface area contributed by atoms with Gasteiger partial charge >= 0.3 is 29.4 Å². The maximum absolute atomic E-state index is 8.12. The first-order valence-electron chi connectivity index (χ1n) is 1.71. The van der Waals surface area contributed by atoms with Crippen LogP contribution in [0.1, 0.15) is 17.1 Å². The molecule has 13 heteroatoms. The molecule has 0 bridgehead atoms. The minimum atomic E-state index is 0. The third kappa shape index (κ3) is 865. The molecule has 0 rings (SSSR count). The van der Waals surface area contributed by atoms with Crippen LogP contribution in [0.5, 0.6) is 0 Å². The Bertz CT molecular complexity index is 95.8. The summed E-state index contributed by atoms with van der Waals surface area (Å²) >= 11 is 0. The minimum Gasteiger partial charge on any atom is -0.412 e. The molecule has 116 valence electrons. The second kappa shape index (κ2) is 16200. The Morgan fingerprint density at radius 3 is 0.529 bits per heavy atom. The van der Waals surface area contributed by atoms with E-state index in [1.807, 2.05) is 0 Å². The highest BCUT2D eigenvalue weighted by Crippen LogP contribution is 0.791. The van der Waals surface area contributed by atoms with E-state index in [0.29, 0.717) is 0 Å². The monoisotopic (exact) mass is 290 g/mol. The predicted molar refractivity (Wildman–Crippen MR) is 64.9 cm³/mol. The van der Waals surface area contributed by atoms with Crippen molar-refractivity contribution >= 4 is 12.3 Å². The van der Waals surface area contributed by atoms with Gasteiger partial charge in [0, 0.05) is 14.2 Å². The Morgan fingerprint density at radius 1 is 0.529 bits per heavy atom. The van der Waals surface area contributed by atoms with Crippen LogP contribution in [0.4, 0.5) is 0 Å². The Hall–Kier alpha value is -1.60. The summed E-state index contributed by atoms with van der Waals surface area (Å²) in [6, 6.07) is 0. The fraction of sp³-hybridized carbons (Fsp3) is 0.500. The Morgan fingerprint density at radius 2 is 0.529 bits per heavy atom. The van der Waals surface area contributed by atoms with Gasteiger partial charge in [-0.3, -0.25) is 0 Å². The molecule has 0 fully saturated rings. The van der Waals surface area contributed by atoms with Crippen LogP contribution in [0.25, 0.3) is 0 Å². The molecule has 0 aliphatic carbocycles. The summed E-state index contributed by atoms with van der Waals surface area (Å²) in [5.74, 6) is 0. The van der Waals surface area contributed by atoms with Crippen LogP contribution in [-0.4, -0.2) is 75.1 Å². The number of aliphatic hydroxyl groups is 2. The van der Waals surface area contributed by atoms with Crippen molar-refractivity contribution in [3.8, 4) is 0 Å². The molecule has 0 heterocycles. The number of hydrogen-bond donors (Lipinski definition) is 2. The summed E-state index contributed by atoms with van der Waals surface area (Å²) in [4.78, 5) is 32.5. The third-order valence-corrected chi connectivity index (χ3v) is 0. The van der Waals surface area contributed by atoms with E-state index in [9.17, 15) is 0 Å². The summed E-state index contributed by atoms with van der Waals surface area (Å²) < 4.78 is 0. The van der Waals surface area contributed by atoms with E-state index < -0.39 is 0 Å². The molecular formula is C4H34O13+12. The SMILES string of the molecule is CO.CO.O.O.O.O.O.O.O.O=C=O.O=C=O.[H+].[H+].[H+].[H+].[H+].[H+].[H+].[H+].[H+].[H+].[H+].[H+]. The molecule has 0 aliphatic heterocycles. The topological polar surface area (TPSA) is 329 Å². The van der Waals surface area contributed by atoms with Crippen LogP contribution in [0.2, 0.25) is 0 Å². The molecule has 0 spiro atoms. The zero-order chi connectivity index (χ0) is 9.41. The van der Waals surface area contributed by atoms with Crippen LogP contribution in [0, 0.1) is 0 Å². The second-order valence-corrected chi connectivity index (χ2v) is 0.167. The highest BCUT2D eigenvalue weighted by atomic mass is 16.2. The normalized spacial score (nSPS) is 1.65. The molecule has 0 saturated heterocycles. The van der Waals surface area contributed by atoms with E-state index in [0.717, 1.165) is 14.2 Å². The van der Waals surface area contributed by atoms with Gasteiger partial charge in [0.25, 0.3) is 0 Å². The lowest BCUT2D eigenvalue weighted by Crippen LogP contribution is -1.25. The van der Waals surface area contributed by atoms with Gasteiger partial charge in [-0.25, -0.2) is 0 Å². The maximum Gasteiger partial charge on any atom is 1.00 e. The molecule has 0 saturated carbocycles. The van der Waals surface area contributed by atoms with Crippen molar-refractivity contribution in [2.75, 3.05) is 14.2 Å². The molecule has 0 aromatic heterocycles. The van der Waals surface area contributed by atoms with Gasteiger partial charge in [0.05, 0.1) is 0 Å². The maximum atomic E-state index is 8.12. The van der Waals surface area contributed by atoms with Crippen molar-refractivity contribution < 1.29 is 84.8 Å². The van der Waals surface area contributed by atoms with Crippen LogP contribution >= 0.6 is 0 Å². The third-order valence-electron chi connectivity index (χ3n) is 0. The lowest BCUT2D eigenvalue weighted by molar-refractivity contribution is -0.193. The van der Waals surface area contributed by atoms with Crippen molar-refractivity contribution in [1.29, 1.82) is 0 Å². The second-order valence-electron chi connectivity index (χ2n) is 0.167. The van der Waals surface area contributed by atoms with E-state index in [1.54, 1.807) is 0 Å². The van der Waals surface area contributed by atoms with E-state index in [4.69, 9.17) is 29.4 Å². The molecule has 0 aliphatic rings. The predicted octanol–water partition coefficient (Wildman–Crippen LogP) is -6.37. The van der Waals surface area contributed by atoms with Gasteiger partial charge in [0.2, 0.25) is 0 Å². The average molecular weight is 290 g/mol. The smallest absolute Gasteiger partial charge is 0.412 e. The molecular weight excluding hydrogens is 256 g/mol. The molecule has 0 aromatic carbocycles. The fourth-order valence-electron chi connectivity index (χ4n) is 0. The Balaban J connectivity index is -0.000000000651. The Labute approximate surface area is 113 Å². The van der Waals surface area contributed by atoms with E-state index in [1.165, 1.54) is 0 Å². The number of aliphatic hydroxyl groups excluding tert-OH is 2. The zero-order valence-corrected chi connectivity index (χ0v) is 9.03. The largest absolute Gasteiger partial charge is 1.00 e. The van der Waals surface area contributed by atoms with Crippen LogP contribution < -0.4 is 0 Å². The van der Waals surface area contributed by atoms with E-state index in [2.05, 4.69) is 0 Å². The van der Waals surface area contributed by atoms with Crippen molar-refractivity contribution in [3.05, 3.63) is 0 Å². The summed E-state index contributed by atoms with van der Waals surface area (Å²) in [5, 5.41) is 14.0.